The van der Waals surface area contributed by atoms with E-state index in [0.29, 0.717) is 18.8 Å². The van der Waals surface area contributed by atoms with Crippen molar-refractivity contribution in [1.29, 1.82) is 0 Å². The maximum absolute atomic E-state index is 11.8. The molecule has 1 saturated carbocycles. The molecule has 0 heterocycles. The molecule has 1 N–H and O–H groups in total. The third-order valence-electron chi connectivity index (χ3n) is 2.83. The van der Waals surface area contributed by atoms with Crippen LogP contribution < -0.4 is 0 Å². The quantitative estimate of drug-likeness (QED) is 0.758. The zero-order valence-electron chi connectivity index (χ0n) is 8.19. The number of halogens is 3. The topological polar surface area (TPSA) is 20.2 Å². The highest BCUT2D eigenvalue weighted by Crippen LogP contribution is 2.30. The Labute approximate surface area is 82.3 Å². The molecule has 0 aromatic rings. The summed E-state index contributed by atoms with van der Waals surface area (Å²) in [4.78, 5) is 0. The van der Waals surface area contributed by atoms with Gasteiger partial charge in [0.05, 0.1) is 6.10 Å². The van der Waals surface area contributed by atoms with Gasteiger partial charge in [0.1, 0.15) is 0 Å². The second-order valence-corrected chi connectivity index (χ2v) is 4.19. The molecule has 1 nitrogen and oxygen atoms in total. The predicted molar refractivity (Wildman–Crippen MR) is 47.9 cm³/mol. The molecular formula is C10H17F3O. The van der Waals surface area contributed by atoms with E-state index in [1.54, 1.807) is 0 Å². The van der Waals surface area contributed by atoms with Crippen LogP contribution in [0.5, 0.6) is 0 Å². The van der Waals surface area contributed by atoms with Gasteiger partial charge in [-0.1, -0.05) is 19.3 Å². The standard InChI is InChI=1S/C10H17F3O/c11-10(12,13)6-2-4-8-3-1-5-9(14)7-8/h8-9,14H,1-7H2. The predicted octanol–water partition coefficient (Wildman–Crippen LogP) is 3.27. The first-order valence-electron chi connectivity index (χ1n) is 5.22. The molecule has 0 aromatic carbocycles. The lowest BCUT2D eigenvalue weighted by Gasteiger charge is -2.25. The van der Waals surface area contributed by atoms with Gasteiger partial charge in [0.2, 0.25) is 0 Å². The zero-order chi connectivity index (χ0) is 10.6. The molecule has 2 unspecified atom stereocenters. The van der Waals surface area contributed by atoms with E-state index in [0.717, 1.165) is 19.3 Å². The van der Waals surface area contributed by atoms with Crippen molar-refractivity contribution in [2.75, 3.05) is 0 Å². The molecular weight excluding hydrogens is 193 g/mol. The SMILES string of the molecule is OC1CCCC(CCCC(F)(F)F)C1. The molecule has 1 rings (SSSR count). The minimum Gasteiger partial charge on any atom is -0.393 e. The molecule has 0 bridgehead atoms. The maximum Gasteiger partial charge on any atom is 0.389 e. The Morgan fingerprint density at radius 2 is 1.93 bits per heavy atom. The molecule has 14 heavy (non-hydrogen) atoms. The van der Waals surface area contributed by atoms with Gasteiger partial charge in [0.15, 0.2) is 0 Å². The molecule has 0 radical (unpaired) electrons. The highest BCUT2D eigenvalue weighted by atomic mass is 19.4. The van der Waals surface area contributed by atoms with Gasteiger partial charge in [-0.05, 0) is 25.2 Å². The van der Waals surface area contributed by atoms with E-state index in [-0.39, 0.29) is 12.5 Å². The molecule has 1 aliphatic carbocycles. The molecule has 0 amide bonds. The summed E-state index contributed by atoms with van der Waals surface area (Å²) in [6.45, 7) is 0. The van der Waals surface area contributed by atoms with Crippen LogP contribution in [-0.4, -0.2) is 17.4 Å². The van der Waals surface area contributed by atoms with E-state index >= 15 is 0 Å². The van der Waals surface area contributed by atoms with Crippen molar-refractivity contribution in [3.05, 3.63) is 0 Å². The van der Waals surface area contributed by atoms with Gasteiger partial charge in [-0.15, -0.1) is 0 Å². The molecule has 0 aromatic heterocycles. The smallest absolute Gasteiger partial charge is 0.389 e. The van der Waals surface area contributed by atoms with Crippen LogP contribution in [0.1, 0.15) is 44.9 Å². The van der Waals surface area contributed by atoms with Crippen molar-refractivity contribution in [1.82, 2.24) is 0 Å². The molecule has 0 saturated heterocycles. The number of hydrogen-bond acceptors (Lipinski definition) is 1. The zero-order valence-corrected chi connectivity index (χ0v) is 8.19. The van der Waals surface area contributed by atoms with Crippen molar-refractivity contribution in [3.63, 3.8) is 0 Å². The van der Waals surface area contributed by atoms with Gasteiger partial charge in [-0.25, -0.2) is 0 Å². The largest absolute Gasteiger partial charge is 0.393 e. The summed E-state index contributed by atoms with van der Waals surface area (Å²) in [6.07, 6.45) is -0.718. The Kier molecular flexibility index (Phi) is 4.23. The van der Waals surface area contributed by atoms with Crippen LogP contribution in [0.25, 0.3) is 0 Å². The third kappa shape index (κ3) is 4.84. The van der Waals surface area contributed by atoms with E-state index in [9.17, 15) is 18.3 Å². The van der Waals surface area contributed by atoms with E-state index < -0.39 is 12.6 Å². The number of aliphatic hydroxyl groups is 1. The average molecular weight is 210 g/mol. The van der Waals surface area contributed by atoms with Crippen molar-refractivity contribution in [3.8, 4) is 0 Å². The first-order chi connectivity index (χ1) is 6.47. The second-order valence-electron chi connectivity index (χ2n) is 4.19. The third-order valence-corrected chi connectivity index (χ3v) is 2.83. The number of aliphatic hydroxyl groups excluding tert-OH is 1. The Morgan fingerprint density at radius 3 is 2.50 bits per heavy atom. The van der Waals surface area contributed by atoms with Crippen LogP contribution in [0.15, 0.2) is 0 Å². The molecule has 4 heteroatoms. The minimum atomic E-state index is -4.02. The summed E-state index contributed by atoms with van der Waals surface area (Å²) in [5.74, 6) is 0.307. The lowest BCUT2D eigenvalue weighted by molar-refractivity contribution is -0.136. The second kappa shape index (κ2) is 5.01. The number of hydrogen-bond donors (Lipinski definition) is 1. The average Bonchev–Trinajstić information content (AvgIpc) is 2.01. The van der Waals surface area contributed by atoms with Crippen LogP contribution in [0, 0.1) is 5.92 Å². The fourth-order valence-electron chi connectivity index (χ4n) is 2.12. The Balaban J connectivity index is 2.12. The highest BCUT2D eigenvalue weighted by Gasteiger charge is 2.27. The lowest BCUT2D eigenvalue weighted by atomic mass is 9.84. The van der Waals surface area contributed by atoms with Crippen LogP contribution >= 0.6 is 0 Å². The first kappa shape index (κ1) is 11.8. The molecule has 1 aliphatic rings. The maximum atomic E-state index is 11.8. The van der Waals surface area contributed by atoms with E-state index in [1.165, 1.54) is 0 Å². The number of rotatable bonds is 3. The Morgan fingerprint density at radius 1 is 1.21 bits per heavy atom. The van der Waals surface area contributed by atoms with Crippen LogP contribution in [-0.2, 0) is 0 Å². The van der Waals surface area contributed by atoms with Gasteiger partial charge in [-0.3, -0.25) is 0 Å². The highest BCUT2D eigenvalue weighted by molar-refractivity contribution is 4.72. The van der Waals surface area contributed by atoms with Crippen LogP contribution in [0.2, 0.25) is 0 Å². The normalized spacial score (nSPS) is 29.1. The Hall–Kier alpha value is -0.250. The fraction of sp³-hybridized carbons (Fsp3) is 1.00. The summed E-state index contributed by atoms with van der Waals surface area (Å²) in [5, 5.41) is 9.32. The van der Waals surface area contributed by atoms with Crippen molar-refractivity contribution in [2.45, 2.75) is 57.2 Å². The summed E-state index contributed by atoms with van der Waals surface area (Å²) in [5.41, 5.74) is 0. The van der Waals surface area contributed by atoms with E-state index in [4.69, 9.17) is 0 Å². The van der Waals surface area contributed by atoms with E-state index in [2.05, 4.69) is 0 Å². The number of alkyl halides is 3. The molecule has 1 fully saturated rings. The Bertz CT molecular complexity index is 167. The fourth-order valence-corrected chi connectivity index (χ4v) is 2.12. The summed E-state index contributed by atoms with van der Waals surface area (Å²) < 4.78 is 35.5. The monoisotopic (exact) mass is 210 g/mol. The minimum absolute atomic E-state index is 0.209. The van der Waals surface area contributed by atoms with Gasteiger partial charge in [0, 0.05) is 6.42 Å². The van der Waals surface area contributed by atoms with Gasteiger partial charge in [-0.2, -0.15) is 13.2 Å². The summed E-state index contributed by atoms with van der Waals surface area (Å²) in [6, 6.07) is 0. The van der Waals surface area contributed by atoms with Gasteiger partial charge < -0.3 is 5.11 Å². The van der Waals surface area contributed by atoms with E-state index in [1.807, 2.05) is 0 Å². The van der Waals surface area contributed by atoms with Gasteiger partial charge in [0.25, 0.3) is 0 Å². The summed E-state index contributed by atoms with van der Waals surface area (Å²) in [7, 11) is 0. The van der Waals surface area contributed by atoms with Crippen molar-refractivity contribution in [2.24, 2.45) is 5.92 Å². The molecule has 0 aliphatic heterocycles. The van der Waals surface area contributed by atoms with Crippen LogP contribution in [0.3, 0.4) is 0 Å². The van der Waals surface area contributed by atoms with Crippen molar-refractivity contribution < 1.29 is 18.3 Å². The first-order valence-corrected chi connectivity index (χ1v) is 5.22. The lowest BCUT2D eigenvalue weighted by Crippen LogP contribution is -2.20. The molecule has 84 valence electrons. The van der Waals surface area contributed by atoms with Gasteiger partial charge >= 0.3 is 6.18 Å². The molecule has 0 spiro atoms. The van der Waals surface area contributed by atoms with Crippen LogP contribution in [0.4, 0.5) is 13.2 Å². The van der Waals surface area contributed by atoms with Crippen molar-refractivity contribution >= 4 is 0 Å². The molecule has 2 atom stereocenters. The summed E-state index contributed by atoms with van der Waals surface area (Å²) >= 11 is 0.